The third-order valence-corrected chi connectivity index (χ3v) is 6.00. The van der Waals surface area contributed by atoms with Crippen LogP contribution in [0.3, 0.4) is 0 Å². The summed E-state index contributed by atoms with van der Waals surface area (Å²) in [5.74, 6) is -0.312. The highest BCUT2D eigenvalue weighted by Crippen LogP contribution is 2.34. The molecule has 0 radical (unpaired) electrons. The van der Waals surface area contributed by atoms with Gasteiger partial charge < -0.3 is 15.6 Å². The maximum atomic E-state index is 12.3. The number of aromatic nitrogens is 2. The lowest BCUT2D eigenvalue weighted by atomic mass is 10.0. The average molecular weight is 452 g/mol. The molecule has 0 spiro atoms. The van der Waals surface area contributed by atoms with Gasteiger partial charge in [0.15, 0.2) is 0 Å². The topological polar surface area (TPSA) is 93.2 Å². The van der Waals surface area contributed by atoms with Crippen molar-refractivity contribution in [3.63, 3.8) is 0 Å². The van der Waals surface area contributed by atoms with Crippen LogP contribution in [0.25, 0.3) is 16.8 Å². The molecule has 2 amide bonds. The molecule has 3 aromatic rings. The van der Waals surface area contributed by atoms with Gasteiger partial charge in [0.1, 0.15) is 5.82 Å². The third-order valence-electron chi connectivity index (χ3n) is 5.67. The molecule has 3 heterocycles. The summed E-state index contributed by atoms with van der Waals surface area (Å²) in [6, 6.07) is 7.69. The van der Waals surface area contributed by atoms with Gasteiger partial charge in [-0.15, -0.1) is 0 Å². The Labute approximate surface area is 192 Å². The number of rotatable bonds is 6. The number of anilines is 1. The first-order valence-electron chi connectivity index (χ1n) is 10.6. The summed E-state index contributed by atoms with van der Waals surface area (Å²) >= 11 is 6.56. The molecule has 1 saturated heterocycles. The van der Waals surface area contributed by atoms with Crippen molar-refractivity contribution >= 4 is 29.2 Å². The molecule has 3 N–H and O–H groups in total. The normalized spacial score (nSPS) is 14.0. The number of pyridine rings is 1. The van der Waals surface area contributed by atoms with E-state index >= 15 is 0 Å². The van der Waals surface area contributed by atoms with E-state index in [0.717, 1.165) is 42.0 Å². The van der Waals surface area contributed by atoms with Crippen molar-refractivity contribution in [2.75, 3.05) is 18.4 Å². The lowest BCUT2D eigenvalue weighted by Crippen LogP contribution is -2.18. The fourth-order valence-electron chi connectivity index (χ4n) is 4.12. The van der Waals surface area contributed by atoms with Gasteiger partial charge >= 0.3 is 0 Å². The van der Waals surface area contributed by atoms with E-state index in [1.807, 2.05) is 35.9 Å². The molecule has 0 atom stereocenters. The summed E-state index contributed by atoms with van der Waals surface area (Å²) in [6.45, 7) is 6.38. The summed E-state index contributed by atoms with van der Waals surface area (Å²) in [4.78, 5) is 30.4. The molecule has 0 aliphatic carbocycles. The van der Waals surface area contributed by atoms with Gasteiger partial charge in [-0.2, -0.15) is 0 Å². The van der Waals surface area contributed by atoms with Crippen LogP contribution >= 0.6 is 11.6 Å². The van der Waals surface area contributed by atoms with Gasteiger partial charge in [0.25, 0.3) is 5.91 Å². The maximum absolute atomic E-state index is 12.3. The lowest BCUT2D eigenvalue weighted by Gasteiger charge is -2.16. The molecule has 1 fully saturated rings. The molecule has 1 aliphatic rings. The first-order chi connectivity index (χ1) is 15.3. The second kappa shape index (κ2) is 9.14. The highest BCUT2D eigenvalue weighted by Gasteiger charge is 2.19. The number of hydrogen-bond acceptors (Lipinski definition) is 4. The number of benzene rings is 1. The van der Waals surface area contributed by atoms with Crippen molar-refractivity contribution in [2.24, 2.45) is 5.73 Å². The van der Waals surface area contributed by atoms with Crippen LogP contribution in [0, 0.1) is 6.92 Å². The molecule has 4 rings (SSSR count). The van der Waals surface area contributed by atoms with Gasteiger partial charge in [-0.25, -0.2) is 4.98 Å². The predicted octanol–water partition coefficient (Wildman–Crippen LogP) is 4.15. The molecular weight excluding hydrogens is 426 g/mol. The van der Waals surface area contributed by atoms with Crippen LogP contribution in [-0.4, -0.2) is 39.4 Å². The third kappa shape index (κ3) is 4.69. The number of primary amides is 1. The minimum atomic E-state index is -0.534. The molecular formula is C24H26ClN5O2. The summed E-state index contributed by atoms with van der Waals surface area (Å²) in [5, 5.41) is 3.24. The number of amides is 2. The summed E-state index contributed by atoms with van der Waals surface area (Å²) in [6.07, 6.45) is 7.66. The standard InChI is InChI=1S/C24H26ClN5O2/c1-15-11-27-23(28-16(2)31)10-22(15)30-13-19(20(14-30)24(26)32)18-9-17(5-6-21(18)25)12-29-7-3-4-8-29/h5-6,9-11,13-14H,3-4,7-8,12H2,1-2H3,(H2,26,32)(H,27,28,31). The van der Waals surface area contributed by atoms with Crippen molar-refractivity contribution in [2.45, 2.75) is 33.2 Å². The van der Waals surface area contributed by atoms with Gasteiger partial charge in [0.05, 0.1) is 11.3 Å². The quantitative estimate of drug-likeness (QED) is 0.588. The number of likely N-dealkylation sites (tertiary alicyclic amines) is 1. The van der Waals surface area contributed by atoms with Crippen LogP contribution in [0.15, 0.2) is 42.9 Å². The van der Waals surface area contributed by atoms with Gasteiger partial charge in [-0.3, -0.25) is 14.5 Å². The fourth-order valence-corrected chi connectivity index (χ4v) is 4.34. The first-order valence-corrected chi connectivity index (χ1v) is 11.0. The number of aryl methyl sites for hydroxylation is 1. The zero-order chi connectivity index (χ0) is 22.8. The molecule has 32 heavy (non-hydrogen) atoms. The molecule has 7 nitrogen and oxygen atoms in total. The number of hydrogen-bond donors (Lipinski definition) is 2. The molecule has 0 saturated carbocycles. The molecule has 1 aromatic carbocycles. The number of nitrogens with zero attached hydrogens (tertiary/aromatic N) is 3. The number of nitrogens with two attached hydrogens (primary N) is 1. The highest BCUT2D eigenvalue weighted by molar-refractivity contribution is 6.33. The van der Waals surface area contributed by atoms with Crippen LogP contribution in [0.2, 0.25) is 5.02 Å². The van der Waals surface area contributed by atoms with E-state index in [1.54, 1.807) is 18.5 Å². The number of carbonyl (C=O) groups excluding carboxylic acids is 2. The maximum Gasteiger partial charge on any atom is 0.250 e. The van der Waals surface area contributed by atoms with Crippen LogP contribution < -0.4 is 11.1 Å². The van der Waals surface area contributed by atoms with E-state index in [4.69, 9.17) is 17.3 Å². The van der Waals surface area contributed by atoms with E-state index in [0.29, 0.717) is 22.0 Å². The second-order valence-electron chi connectivity index (χ2n) is 8.19. The minimum absolute atomic E-state index is 0.208. The Morgan fingerprint density at radius 1 is 1.16 bits per heavy atom. The van der Waals surface area contributed by atoms with Gasteiger partial charge in [-0.1, -0.05) is 17.7 Å². The van der Waals surface area contributed by atoms with Crippen LogP contribution in [0.4, 0.5) is 5.82 Å². The van der Waals surface area contributed by atoms with E-state index in [-0.39, 0.29) is 5.91 Å². The largest absolute Gasteiger partial charge is 0.366 e. The zero-order valence-electron chi connectivity index (χ0n) is 18.2. The number of halogens is 1. The molecule has 2 aromatic heterocycles. The number of nitrogens with one attached hydrogen (secondary N) is 1. The first kappa shape index (κ1) is 22.0. The molecule has 1 aliphatic heterocycles. The Kier molecular flexibility index (Phi) is 6.30. The van der Waals surface area contributed by atoms with E-state index in [1.165, 1.54) is 19.8 Å². The molecule has 166 valence electrons. The zero-order valence-corrected chi connectivity index (χ0v) is 18.9. The van der Waals surface area contributed by atoms with Gasteiger partial charge in [0, 0.05) is 54.3 Å². The summed E-state index contributed by atoms with van der Waals surface area (Å²) in [7, 11) is 0. The van der Waals surface area contributed by atoms with Gasteiger partial charge in [0.2, 0.25) is 5.91 Å². The minimum Gasteiger partial charge on any atom is -0.366 e. The Bertz CT molecular complexity index is 1180. The van der Waals surface area contributed by atoms with E-state index < -0.39 is 5.91 Å². The van der Waals surface area contributed by atoms with Crippen molar-refractivity contribution in [3.8, 4) is 16.8 Å². The van der Waals surface area contributed by atoms with E-state index in [2.05, 4.69) is 15.2 Å². The molecule has 0 bridgehead atoms. The van der Waals surface area contributed by atoms with Crippen molar-refractivity contribution in [1.82, 2.24) is 14.5 Å². The van der Waals surface area contributed by atoms with Crippen LogP contribution in [0.1, 0.15) is 41.3 Å². The lowest BCUT2D eigenvalue weighted by molar-refractivity contribution is -0.114. The van der Waals surface area contributed by atoms with Crippen molar-refractivity contribution in [1.29, 1.82) is 0 Å². The molecule has 8 heteroatoms. The fraction of sp³-hybridized carbons (Fsp3) is 0.292. The average Bonchev–Trinajstić information content (AvgIpc) is 3.40. The highest BCUT2D eigenvalue weighted by atomic mass is 35.5. The molecule has 0 unspecified atom stereocenters. The second-order valence-corrected chi connectivity index (χ2v) is 8.60. The SMILES string of the molecule is CC(=O)Nc1cc(-n2cc(C(N)=O)c(-c3cc(CN4CCCC4)ccc3Cl)c2)c(C)cn1. The Balaban J connectivity index is 1.76. The van der Waals surface area contributed by atoms with Crippen LogP contribution in [0.5, 0.6) is 0 Å². The summed E-state index contributed by atoms with van der Waals surface area (Å²) < 4.78 is 1.82. The van der Waals surface area contributed by atoms with E-state index in [9.17, 15) is 9.59 Å². The van der Waals surface area contributed by atoms with Gasteiger partial charge in [-0.05, 0) is 56.1 Å². The Morgan fingerprint density at radius 3 is 2.59 bits per heavy atom. The predicted molar refractivity (Wildman–Crippen MR) is 126 cm³/mol. The van der Waals surface area contributed by atoms with Crippen molar-refractivity contribution in [3.05, 3.63) is 64.6 Å². The smallest absolute Gasteiger partial charge is 0.250 e. The Hall–Kier alpha value is -3.16. The van der Waals surface area contributed by atoms with Crippen molar-refractivity contribution < 1.29 is 9.59 Å². The van der Waals surface area contributed by atoms with Crippen LogP contribution in [-0.2, 0) is 11.3 Å². The number of carbonyl (C=O) groups is 2. The summed E-state index contributed by atoms with van der Waals surface area (Å²) in [5.41, 5.74) is 10.3. The monoisotopic (exact) mass is 451 g/mol. The Morgan fingerprint density at radius 2 is 1.91 bits per heavy atom.